The average molecular weight is 225 g/mol. The van der Waals surface area contributed by atoms with Gasteiger partial charge in [0.2, 0.25) is 5.91 Å². The molecule has 0 bridgehead atoms. The van der Waals surface area contributed by atoms with Gasteiger partial charge in [-0.25, -0.2) is 0 Å². The van der Waals surface area contributed by atoms with Crippen molar-refractivity contribution < 1.29 is 4.79 Å². The van der Waals surface area contributed by atoms with Gasteiger partial charge in [0.25, 0.3) is 0 Å². The summed E-state index contributed by atoms with van der Waals surface area (Å²) in [5.74, 6) is 0.223. The minimum absolute atomic E-state index is 0.223. The Kier molecular flexibility index (Phi) is 4.03. The molecule has 16 heavy (non-hydrogen) atoms. The van der Waals surface area contributed by atoms with Crippen LogP contribution in [0.4, 0.5) is 0 Å². The predicted octanol–water partition coefficient (Wildman–Crippen LogP) is 3.51. The van der Waals surface area contributed by atoms with Crippen LogP contribution in [0.2, 0.25) is 0 Å². The molecule has 0 aromatic heterocycles. The van der Waals surface area contributed by atoms with Crippen molar-refractivity contribution in [1.82, 2.24) is 5.32 Å². The van der Waals surface area contributed by atoms with E-state index >= 15 is 0 Å². The standard InChI is InChI=1S/C14H27NO/c1-6-7-12(16)15-11-8-13(2,3)10-14(4,5)9-11/h11H,6-10H2,1-5H3,(H,15,16). The molecule has 0 spiro atoms. The summed E-state index contributed by atoms with van der Waals surface area (Å²) in [6, 6.07) is 0.373. The van der Waals surface area contributed by atoms with Gasteiger partial charge < -0.3 is 5.32 Å². The van der Waals surface area contributed by atoms with Gasteiger partial charge in [0.05, 0.1) is 0 Å². The van der Waals surface area contributed by atoms with Crippen LogP contribution in [0.25, 0.3) is 0 Å². The van der Waals surface area contributed by atoms with E-state index in [9.17, 15) is 4.79 Å². The van der Waals surface area contributed by atoms with Crippen molar-refractivity contribution >= 4 is 5.91 Å². The molecule has 1 aliphatic carbocycles. The van der Waals surface area contributed by atoms with Gasteiger partial charge in [0.15, 0.2) is 0 Å². The number of carbonyl (C=O) groups is 1. The summed E-state index contributed by atoms with van der Waals surface area (Å²) in [4.78, 5) is 11.6. The number of hydrogen-bond donors (Lipinski definition) is 1. The Morgan fingerprint density at radius 2 is 1.69 bits per heavy atom. The van der Waals surface area contributed by atoms with Crippen molar-refractivity contribution in [3.63, 3.8) is 0 Å². The van der Waals surface area contributed by atoms with E-state index in [2.05, 4.69) is 33.0 Å². The van der Waals surface area contributed by atoms with E-state index in [1.165, 1.54) is 6.42 Å². The smallest absolute Gasteiger partial charge is 0.220 e. The summed E-state index contributed by atoms with van der Waals surface area (Å²) in [6.07, 6.45) is 5.08. The van der Waals surface area contributed by atoms with Crippen molar-refractivity contribution in [1.29, 1.82) is 0 Å². The Labute approximate surface area is 100 Å². The number of nitrogens with one attached hydrogen (secondary N) is 1. The molecule has 0 aromatic carbocycles. The van der Waals surface area contributed by atoms with E-state index < -0.39 is 0 Å². The van der Waals surface area contributed by atoms with Crippen molar-refractivity contribution in [3.05, 3.63) is 0 Å². The van der Waals surface area contributed by atoms with Crippen LogP contribution in [0, 0.1) is 10.8 Å². The van der Waals surface area contributed by atoms with Crippen LogP contribution in [-0.4, -0.2) is 11.9 Å². The van der Waals surface area contributed by atoms with Crippen LogP contribution in [0.1, 0.15) is 66.7 Å². The fourth-order valence-corrected chi connectivity index (χ4v) is 3.48. The fourth-order valence-electron chi connectivity index (χ4n) is 3.48. The number of rotatable bonds is 3. The third-order valence-electron chi connectivity index (χ3n) is 3.40. The Hall–Kier alpha value is -0.530. The van der Waals surface area contributed by atoms with Gasteiger partial charge in [-0.15, -0.1) is 0 Å². The molecule has 1 saturated carbocycles. The number of hydrogen-bond acceptors (Lipinski definition) is 1. The largest absolute Gasteiger partial charge is 0.353 e. The zero-order valence-electron chi connectivity index (χ0n) is 11.5. The fraction of sp³-hybridized carbons (Fsp3) is 0.929. The summed E-state index contributed by atoms with van der Waals surface area (Å²) in [6.45, 7) is 11.3. The van der Waals surface area contributed by atoms with Crippen molar-refractivity contribution in [2.75, 3.05) is 0 Å². The first-order valence-electron chi connectivity index (χ1n) is 6.53. The van der Waals surface area contributed by atoms with Crippen molar-refractivity contribution in [2.24, 2.45) is 10.8 Å². The lowest BCUT2D eigenvalue weighted by molar-refractivity contribution is -0.122. The van der Waals surface area contributed by atoms with Gasteiger partial charge in [0.1, 0.15) is 0 Å². The van der Waals surface area contributed by atoms with Crippen LogP contribution in [0.5, 0.6) is 0 Å². The van der Waals surface area contributed by atoms with Crippen LogP contribution < -0.4 is 5.32 Å². The molecule has 1 N–H and O–H groups in total. The summed E-state index contributed by atoms with van der Waals surface area (Å²) in [5, 5.41) is 3.19. The Morgan fingerprint density at radius 1 is 1.19 bits per heavy atom. The third-order valence-corrected chi connectivity index (χ3v) is 3.40. The van der Waals surface area contributed by atoms with E-state index in [1.807, 2.05) is 6.92 Å². The number of amides is 1. The first-order valence-corrected chi connectivity index (χ1v) is 6.53. The molecule has 2 nitrogen and oxygen atoms in total. The molecule has 0 radical (unpaired) electrons. The zero-order chi connectivity index (χ0) is 12.4. The summed E-state index contributed by atoms with van der Waals surface area (Å²) < 4.78 is 0. The van der Waals surface area contributed by atoms with Crippen molar-refractivity contribution in [2.45, 2.75) is 72.8 Å². The highest BCUT2D eigenvalue weighted by Gasteiger charge is 2.38. The maximum Gasteiger partial charge on any atom is 0.220 e. The van der Waals surface area contributed by atoms with E-state index in [1.54, 1.807) is 0 Å². The summed E-state index contributed by atoms with van der Waals surface area (Å²) in [5.41, 5.74) is 0.706. The molecule has 0 unspecified atom stereocenters. The lowest BCUT2D eigenvalue weighted by Crippen LogP contribution is -2.45. The molecule has 1 fully saturated rings. The predicted molar refractivity (Wildman–Crippen MR) is 68.3 cm³/mol. The first kappa shape index (κ1) is 13.5. The highest BCUT2D eigenvalue weighted by atomic mass is 16.1. The molecular formula is C14H27NO. The van der Waals surface area contributed by atoms with Crippen molar-refractivity contribution in [3.8, 4) is 0 Å². The topological polar surface area (TPSA) is 29.1 Å². The second-order valence-electron chi connectivity index (χ2n) is 6.93. The molecule has 1 amide bonds. The Morgan fingerprint density at radius 3 is 2.12 bits per heavy atom. The maximum absolute atomic E-state index is 11.6. The highest BCUT2D eigenvalue weighted by molar-refractivity contribution is 5.76. The number of carbonyl (C=O) groups excluding carboxylic acids is 1. The molecule has 2 heteroatoms. The Bertz CT molecular complexity index is 239. The molecule has 1 aliphatic rings. The zero-order valence-corrected chi connectivity index (χ0v) is 11.5. The van der Waals surface area contributed by atoms with E-state index in [0.717, 1.165) is 19.3 Å². The van der Waals surface area contributed by atoms with E-state index in [-0.39, 0.29) is 5.91 Å². The maximum atomic E-state index is 11.6. The molecule has 94 valence electrons. The average Bonchev–Trinajstić information content (AvgIpc) is 1.96. The third kappa shape index (κ3) is 4.15. The lowest BCUT2D eigenvalue weighted by atomic mass is 9.63. The summed E-state index contributed by atoms with van der Waals surface area (Å²) in [7, 11) is 0. The van der Waals surface area contributed by atoms with Gasteiger partial charge >= 0.3 is 0 Å². The van der Waals surface area contributed by atoms with Crippen LogP contribution >= 0.6 is 0 Å². The molecule has 0 aromatic rings. The lowest BCUT2D eigenvalue weighted by Gasteiger charge is -2.45. The van der Waals surface area contributed by atoms with Crippen LogP contribution in [-0.2, 0) is 4.79 Å². The second-order valence-corrected chi connectivity index (χ2v) is 6.93. The highest BCUT2D eigenvalue weighted by Crippen LogP contribution is 2.45. The minimum atomic E-state index is 0.223. The van der Waals surface area contributed by atoms with Gasteiger partial charge in [-0.1, -0.05) is 34.6 Å². The quantitative estimate of drug-likeness (QED) is 0.782. The minimum Gasteiger partial charge on any atom is -0.353 e. The van der Waals surface area contributed by atoms with E-state index in [4.69, 9.17) is 0 Å². The molecule has 0 aliphatic heterocycles. The van der Waals surface area contributed by atoms with Crippen LogP contribution in [0.3, 0.4) is 0 Å². The first-order chi connectivity index (χ1) is 7.24. The monoisotopic (exact) mass is 225 g/mol. The molecule has 0 heterocycles. The molecular weight excluding hydrogens is 198 g/mol. The molecule has 0 saturated heterocycles. The summed E-state index contributed by atoms with van der Waals surface area (Å²) >= 11 is 0. The van der Waals surface area contributed by atoms with Crippen LogP contribution in [0.15, 0.2) is 0 Å². The van der Waals surface area contributed by atoms with E-state index in [0.29, 0.717) is 23.3 Å². The van der Waals surface area contributed by atoms with Gasteiger partial charge in [0, 0.05) is 12.5 Å². The van der Waals surface area contributed by atoms with Gasteiger partial charge in [-0.2, -0.15) is 0 Å². The Balaban J connectivity index is 2.57. The van der Waals surface area contributed by atoms with Gasteiger partial charge in [-0.3, -0.25) is 4.79 Å². The molecule has 1 rings (SSSR count). The van der Waals surface area contributed by atoms with Gasteiger partial charge in [-0.05, 0) is 36.5 Å². The molecule has 0 atom stereocenters. The second kappa shape index (κ2) is 4.77. The SMILES string of the molecule is CCCC(=O)NC1CC(C)(C)CC(C)(C)C1. The normalized spacial score (nSPS) is 24.1.